The van der Waals surface area contributed by atoms with Gasteiger partial charge in [0.15, 0.2) is 6.10 Å². The average Bonchev–Trinajstić information content (AvgIpc) is 3.33. The van der Waals surface area contributed by atoms with Crippen LogP contribution in [-0.4, -0.2) is 37.2 Å². The Balaban J connectivity index is 4.47. The van der Waals surface area contributed by atoms with Crippen molar-refractivity contribution < 1.29 is 28.6 Å². The lowest BCUT2D eigenvalue weighted by molar-refractivity contribution is -0.167. The van der Waals surface area contributed by atoms with Crippen molar-refractivity contribution in [2.45, 2.75) is 258 Å². The standard InChI is InChI=1S/C61H102O6/c1-4-7-10-13-16-19-22-25-28-29-30-31-34-37-40-43-46-49-52-55-61(64)67-58(56-65-59(62)53-50-47-44-41-38-35-32-26-23-20-17-14-11-8-5-2)57-66-60(63)54-51-48-45-42-39-36-33-27-24-21-18-15-12-9-6-3/h8,11,16-21,25-28,32-33,38,41,58H,4-7,9-10,12-15,22-24,29-31,34-37,39-40,42-57H2,1-3H3/b11-8-,19-16-,20-17-,21-18-,28-25-,32-26-,33-27-,41-38-/t58-/m1/s1. The number of ether oxygens (including phenoxy) is 3. The summed E-state index contributed by atoms with van der Waals surface area (Å²) in [5.74, 6) is -0.959. The zero-order valence-electron chi connectivity index (χ0n) is 43.6. The maximum absolute atomic E-state index is 12.8. The second-order valence-electron chi connectivity index (χ2n) is 18.1. The summed E-state index contributed by atoms with van der Waals surface area (Å²) in [5, 5.41) is 0. The largest absolute Gasteiger partial charge is 0.462 e. The molecule has 0 aromatic carbocycles. The van der Waals surface area contributed by atoms with E-state index in [0.29, 0.717) is 19.3 Å². The summed E-state index contributed by atoms with van der Waals surface area (Å²) in [6, 6.07) is 0. The lowest BCUT2D eigenvalue weighted by atomic mass is 10.1. The van der Waals surface area contributed by atoms with Gasteiger partial charge in [0.2, 0.25) is 0 Å². The maximum Gasteiger partial charge on any atom is 0.306 e. The topological polar surface area (TPSA) is 78.9 Å². The number of hydrogen-bond acceptors (Lipinski definition) is 6. The van der Waals surface area contributed by atoms with E-state index in [2.05, 4.69) is 118 Å². The van der Waals surface area contributed by atoms with Crippen LogP contribution in [0.1, 0.15) is 252 Å². The summed E-state index contributed by atoms with van der Waals surface area (Å²) < 4.78 is 16.8. The number of carbonyl (C=O) groups excluding carboxylic acids is 3. The maximum atomic E-state index is 12.8. The Morgan fingerprint density at radius 2 is 0.582 bits per heavy atom. The van der Waals surface area contributed by atoms with Crippen LogP contribution >= 0.6 is 0 Å². The molecule has 0 spiro atoms. The van der Waals surface area contributed by atoms with Crippen molar-refractivity contribution in [1.29, 1.82) is 0 Å². The van der Waals surface area contributed by atoms with Gasteiger partial charge in [0.1, 0.15) is 13.2 Å². The fourth-order valence-corrected chi connectivity index (χ4v) is 7.37. The Labute approximate surface area is 413 Å². The van der Waals surface area contributed by atoms with Crippen LogP contribution in [-0.2, 0) is 28.6 Å². The number of esters is 3. The first kappa shape index (κ1) is 63.3. The van der Waals surface area contributed by atoms with Gasteiger partial charge in [-0.25, -0.2) is 0 Å². The van der Waals surface area contributed by atoms with Gasteiger partial charge in [-0.2, -0.15) is 0 Å². The van der Waals surface area contributed by atoms with Gasteiger partial charge >= 0.3 is 17.9 Å². The van der Waals surface area contributed by atoms with Crippen LogP contribution in [0.25, 0.3) is 0 Å². The molecule has 6 nitrogen and oxygen atoms in total. The highest BCUT2D eigenvalue weighted by Crippen LogP contribution is 2.14. The molecule has 0 N–H and O–H groups in total. The van der Waals surface area contributed by atoms with Gasteiger partial charge in [-0.15, -0.1) is 0 Å². The summed E-state index contributed by atoms with van der Waals surface area (Å²) in [5.41, 5.74) is 0. The Bertz CT molecular complexity index is 1350. The van der Waals surface area contributed by atoms with E-state index in [1.165, 1.54) is 96.3 Å². The second-order valence-corrected chi connectivity index (χ2v) is 18.1. The van der Waals surface area contributed by atoms with Crippen molar-refractivity contribution in [3.05, 3.63) is 97.2 Å². The van der Waals surface area contributed by atoms with E-state index < -0.39 is 6.10 Å². The van der Waals surface area contributed by atoms with E-state index in [0.717, 1.165) is 116 Å². The fourth-order valence-electron chi connectivity index (χ4n) is 7.37. The van der Waals surface area contributed by atoms with Gasteiger partial charge in [-0.05, 0) is 122 Å². The van der Waals surface area contributed by atoms with Crippen molar-refractivity contribution in [2.75, 3.05) is 13.2 Å². The predicted molar refractivity (Wildman–Crippen MR) is 288 cm³/mol. The highest BCUT2D eigenvalue weighted by Gasteiger charge is 2.19. The summed E-state index contributed by atoms with van der Waals surface area (Å²) in [6.07, 6.45) is 72.5. The molecular formula is C61H102O6. The molecule has 0 unspecified atom stereocenters. The first-order chi connectivity index (χ1) is 33.0. The number of rotatable bonds is 49. The Morgan fingerprint density at radius 1 is 0.313 bits per heavy atom. The number of hydrogen-bond donors (Lipinski definition) is 0. The molecule has 0 amide bonds. The zero-order chi connectivity index (χ0) is 48.6. The highest BCUT2D eigenvalue weighted by atomic mass is 16.6. The molecule has 0 aliphatic rings. The summed E-state index contributed by atoms with van der Waals surface area (Å²) in [4.78, 5) is 38.1. The lowest BCUT2D eigenvalue weighted by Crippen LogP contribution is -2.30. The first-order valence-electron chi connectivity index (χ1n) is 27.7. The minimum atomic E-state index is -0.804. The second kappa shape index (κ2) is 54.9. The van der Waals surface area contributed by atoms with Crippen molar-refractivity contribution in [2.24, 2.45) is 0 Å². The third-order valence-electron chi connectivity index (χ3n) is 11.5. The fraction of sp³-hybridized carbons (Fsp3) is 0.689. The number of carbonyl (C=O) groups is 3. The molecule has 0 bridgehead atoms. The van der Waals surface area contributed by atoms with Gasteiger partial charge in [-0.3, -0.25) is 14.4 Å². The Morgan fingerprint density at radius 3 is 0.940 bits per heavy atom. The average molecular weight is 931 g/mol. The van der Waals surface area contributed by atoms with Gasteiger partial charge in [-0.1, -0.05) is 208 Å². The number of unbranched alkanes of at least 4 members (excludes halogenated alkanes) is 22. The molecule has 1 atom stereocenters. The minimum Gasteiger partial charge on any atom is -0.462 e. The molecule has 0 fully saturated rings. The van der Waals surface area contributed by atoms with Gasteiger partial charge in [0, 0.05) is 19.3 Å². The summed E-state index contributed by atoms with van der Waals surface area (Å²) in [6.45, 7) is 6.42. The van der Waals surface area contributed by atoms with E-state index in [1.807, 2.05) is 0 Å². The smallest absolute Gasteiger partial charge is 0.306 e. The normalized spacial score (nSPS) is 12.8. The molecule has 0 radical (unpaired) electrons. The Hall–Kier alpha value is -3.67. The lowest BCUT2D eigenvalue weighted by Gasteiger charge is -2.18. The zero-order valence-corrected chi connectivity index (χ0v) is 43.6. The predicted octanol–water partition coefficient (Wildman–Crippen LogP) is 18.5. The van der Waals surface area contributed by atoms with Crippen molar-refractivity contribution in [3.8, 4) is 0 Å². The SMILES string of the molecule is CC/C=C\C/C=C\C/C=C\C/C=C\CCCCC(=O)OC[C@H](COC(=O)CCCCCCC/C=C\C/C=C\CCCCC)OC(=O)CCCCCCCCCCC/C=C\C/C=C\CCCCC. The van der Waals surface area contributed by atoms with Crippen molar-refractivity contribution >= 4 is 17.9 Å². The van der Waals surface area contributed by atoms with Gasteiger partial charge in [0.05, 0.1) is 0 Å². The Kier molecular flexibility index (Phi) is 51.9. The van der Waals surface area contributed by atoms with E-state index in [1.54, 1.807) is 0 Å². The number of allylic oxidation sites excluding steroid dienone is 16. The summed E-state index contributed by atoms with van der Waals surface area (Å²) in [7, 11) is 0. The van der Waals surface area contributed by atoms with Crippen molar-refractivity contribution in [3.63, 3.8) is 0 Å². The van der Waals surface area contributed by atoms with Crippen LogP contribution < -0.4 is 0 Å². The van der Waals surface area contributed by atoms with Crippen molar-refractivity contribution in [1.82, 2.24) is 0 Å². The van der Waals surface area contributed by atoms with Crippen LogP contribution in [0.4, 0.5) is 0 Å². The molecule has 0 aromatic rings. The van der Waals surface area contributed by atoms with Crippen LogP contribution in [0.2, 0.25) is 0 Å². The van der Waals surface area contributed by atoms with Gasteiger partial charge in [0.25, 0.3) is 0 Å². The molecule has 6 heteroatoms. The molecule has 382 valence electrons. The molecule has 67 heavy (non-hydrogen) atoms. The monoisotopic (exact) mass is 931 g/mol. The molecule has 0 saturated heterocycles. The molecular weight excluding hydrogens is 829 g/mol. The van der Waals surface area contributed by atoms with E-state index in [-0.39, 0.29) is 31.1 Å². The third-order valence-corrected chi connectivity index (χ3v) is 11.5. The highest BCUT2D eigenvalue weighted by molar-refractivity contribution is 5.71. The molecule has 0 rings (SSSR count). The summed E-state index contributed by atoms with van der Waals surface area (Å²) >= 11 is 0. The van der Waals surface area contributed by atoms with E-state index in [4.69, 9.17) is 14.2 Å². The quantitative estimate of drug-likeness (QED) is 0.0262. The molecule has 0 aliphatic carbocycles. The third kappa shape index (κ3) is 53.2. The first-order valence-corrected chi connectivity index (χ1v) is 27.7. The molecule has 0 aromatic heterocycles. The minimum absolute atomic E-state index is 0.100. The molecule has 0 heterocycles. The van der Waals surface area contributed by atoms with Crippen LogP contribution in [0, 0.1) is 0 Å². The molecule has 0 saturated carbocycles. The van der Waals surface area contributed by atoms with Crippen LogP contribution in [0.3, 0.4) is 0 Å². The van der Waals surface area contributed by atoms with E-state index >= 15 is 0 Å². The van der Waals surface area contributed by atoms with Crippen LogP contribution in [0.5, 0.6) is 0 Å². The molecule has 0 aliphatic heterocycles. The van der Waals surface area contributed by atoms with Crippen LogP contribution in [0.15, 0.2) is 97.2 Å². The van der Waals surface area contributed by atoms with E-state index in [9.17, 15) is 14.4 Å². The van der Waals surface area contributed by atoms with Gasteiger partial charge < -0.3 is 14.2 Å².